The number of carbonyl (C=O) groups excluding carboxylic acids is 2. The zero-order valence-electron chi connectivity index (χ0n) is 13.5. The van der Waals surface area contributed by atoms with Crippen LogP contribution in [0.2, 0.25) is 0 Å². The summed E-state index contributed by atoms with van der Waals surface area (Å²) in [7, 11) is 1.60. The van der Waals surface area contributed by atoms with E-state index in [2.05, 4.69) is 10.6 Å². The van der Waals surface area contributed by atoms with Crippen molar-refractivity contribution in [2.45, 2.75) is 13.0 Å². The van der Waals surface area contributed by atoms with E-state index >= 15 is 0 Å². The number of anilines is 1. The molecule has 0 spiro atoms. The molecule has 6 nitrogen and oxygen atoms in total. The molecule has 1 aliphatic rings. The third-order valence-electron chi connectivity index (χ3n) is 3.83. The molecule has 0 aromatic heterocycles. The Morgan fingerprint density at radius 2 is 2.08 bits per heavy atom. The number of ether oxygens (including phenoxy) is 2. The number of fused-ring (bicyclic) bond motifs is 1. The predicted molar refractivity (Wildman–Crippen MR) is 89.4 cm³/mol. The van der Waals surface area contributed by atoms with Crippen LogP contribution in [0.5, 0.6) is 11.5 Å². The standard InChI is InChI=1S/C18H18N2O4/c1-11(13-5-3-4-6-15(13)23-2)19-18(22)12-7-8-14-16(9-12)24-10-17(21)20-14/h3-9,11H,10H2,1-2H3,(H,19,22)(H,20,21)/t11-/m1/s1. The lowest BCUT2D eigenvalue weighted by molar-refractivity contribution is -0.118. The van der Waals surface area contributed by atoms with Gasteiger partial charge in [-0.15, -0.1) is 0 Å². The smallest absolute Gasteiger partial charge is 0.262 e. The number of amides is 2. The first-order chi connectivity index (χ1) is 11.6. The number of methoxy groups -OCH3 is 1. The monoisotopic (exact) mass is 326 g/mol. The molecule has 0 unspecified atom stereocenters. The average molecular weight is 326 g/mol. The fourth-order valence-corrected chi connectivity index (χ4v) is 2.60. The first-order valence-electron chi connectivity index (χ1n) is 7.59. The highest BCUT2D eigenvalue weighted by molar-refractivity contribution is 5.99. The summed E-state index contributed by atoms with van der Waals surface area (Å²) in [6.07, 6.45) is 0. The van der Waals surface area contributed by atoms with Crippen molar-refractivity contribution in [2.24, 2.45) is 0 Å². The molecule has 1 heterocycles. The van der Waals surface area contributed by atoms with Crippen LogP contribution < -0.4 is 20.1 Å². The Morgan fingerprint density at radius 1 is 1.29 bits per heavy atom. The van der Waals surface area contributed by atoms with Crippen LogP contribution in [0.4, 0.5) is 5.69 Å². The number of carbonyl (C=O) groups is 2. The first-order valence-corrected chi connectivity index (χ1v) is 7.59. The summed E-state index contributed by atoms with van der Waals surface area (Å²) in [6.45, 7) is 1.85. The maximum absolute atomic E-state index is 12.5. The second kappa shape index (κ2) is 6.62. The fraction of sp³-hybridized carbons (Fsp3) is 0.222. The average Bonchev–Trinajstić information content (AvgIpc) is 2.61. The van der Waals surface area contributed by atoms with Gasteiger partial charge in [-0.1, -0.05) is 18.2 Å². The minimum atomic E-state index is -0.225. The summed E-state index contributed by atoms with van der Waals surface area (Å²) in [5.41, 5.74) is 1.93. The van der Waals surface area contributed by atoms with E-state index in [1.54, 1.807) is 25.3 Å². The van der Waals surface area contributed by atoms with E-state index < -0.39 is 0 Å². The van der Waals surface area contributed by atoms with E-state index in [-0.39, 0.29) is 24.5 Å². The Morgan fingerprint density at radius 3 is 2.88 bits per heavy atom. The highest BCUT2D eigenvalue weighted by atomic mass is 16.5. The van der Waals surface area contributed by atoms with Crippen molar-refractivity contribution in [1.29, 1.82) is 0 Å². The van der Waals surface area contributed by atoms with Crippen molar-refractivity contribution in [3.63, 3.8) is 0 Å². The number of para-hydroxylation sites is 1. The molecular weight excluding hydrogens is 308 g/mol. The molecule has 0 saturated carbocycles. The molecule has 2 aromatic rings. The Kier molecular flexibility index (Phi) is 4.37. The Bertz CT molecular complexity index is 788. The van der Waals surface area contributed by atoms with Crippen molar-refractivity contribution >= 4 is 17.5 Å². The van der Waals surface area contributed by atoms with Gasteiger partial charge < -0.3 is 20.1 Å². The molecule has 0 aliphatic carbocycles. The van der Waals surface area contributed by atoms with Gasteiger partial charge in [0.25, 0.3) is 11.8 Å². The van der Waals surface area contributed by atoms with Gasteiger partial charge in [-0.05, 0) is 31.2 Å². The topological polar surface area (TPSA) is 76.7 Å². The maximum atomic E-state index is 12.5. The van der Waals surface area contributed by atoms with Crippen LogP contribution in [0.15, 0.2) is 42.5 Å². The minimum Gasteiger partial charge on any atom is -0.496 e. The van der Waals surface area contributed by atoms with Crippen LogP contribution >= 0.6 is 0 Å². The normalized spacial score (nSPS) is 14.0. The highest BCUT2D eigenvalue weighted by Crippen LogP contribution is 2.29. The summed E-state index contributed by atoms with van der Waals surface area (Å²) in [5, 5.41) is 5.64. The number of benzene rings is 2. The van der Waals surface area contributed by atoms with Crippen LogP contribution in [-0.4, -0.2) is 25.5 Å². The van der Waals surface area contributed by atoms with E-state index in [1.807, 2.05) is 31.2 Å². The quantitative estimate of drug-likeness (QED) is 0.905. The zero-order valence-corrected chi connectivity index (χ0v) is 13.5. The lowest BCUT2D eigenvalue weighted by Gasteiger charge is -2.20. The molecule has 0 fully saturated rings. The molecule has 124 valence electrons. The minimum absolute atomic E-state index is 0.0459. The summed E-state index contributed by atoms with van der Waals surface area (Å²) < 4.78 is 10.7. The van der Waals surface area contributed by atoms with Gasteiger partial charge in [0.1, 0.15) is 11.5 Å². The van der Waals surface area contributed by atoms with Crippen LogP contribution in [0.25, 0.3) is 0 Å². The number of hydrogen-bond acceptors (Lipinski definition) is 4. The molecule has 1 aliphatic heterocycles. The van der Waals surface area contributed by atoms with Crippen molar-refractivity contribution < 1.29 is 19.1 Å². The lowest BCUT2D eigenvalue weighted by atomic mass is 10.1. The lowest BCUT2D eigenvalue weighted by Crippen LogP contribution is -2.28. The van der Waals surface area contributed by atoms with Gasteiger partial charge in [0.2, 0.25) is 0 Å². The largest absolute Gasteiger partial charge is 0.496 e. The molecule has 1 atom stereocenters. The van der Waals surface area contributed by atoms with E-state index in [0.717, 1.165) is 11.3 Å². The second-order valence-electron chi connectivity index (χ2n) is 5.48. The van der Waals surface area contributed by atoms with Gasteiger partial charge in [0.15, 0.2) is 6.61 Å². The van der Waals surface area contributed by atoms with E-state index in [4.69, 9.17) is 9.47 Å². The van der Waals surface area contributed by atoms with Gasteiger partial charge in [0.05, 0.1) is 18.8 Å². The summed E-state index contributed by atoms with van der Waals surface area (Å²) in [5.74, 6) is 0.787. The predicted octanol–water partition coefficient (Wildman–Crippen LogP) is 2.52. The number of hydrogen-bond donors (Lipinski definition) is 2. The Balaban J connectivity index is 1.76. The number of rotatable bonds is 4. The molecule has 0 saturated heterocycles. The van der Waals surface area contributed by atoms with Gasteiger partial charge in [0, 0.05) is 11.1 Å². The van der Waals surface area contributed by atoms with E-state index in [9.17, 15) is 9.59 Å². The molecule has 0 bridgehead atoms. The Labute approximate surface area is 139 Å². The molecule has 0 radical (unpaired) electrons. The molecule has 3 rings (SSSR count). The van der Waals surface area contributed by atoms with Gasteiger partial charge in [-0.2, -0.15) is 0 Å². The summed E-state index contributed by atoms with van der Waals surface area (Å²) in [4.78, 5) is 23.8. The fourth-order valence-electron chi connectivity index (χ4n) is 2.60. The van der Waals surface area contributed by atoms with Crippen molar-refractivity contribution in [3.05, 3.63) is 53.6 Å². The van der Waals surface area contributed by atoms with Crippen LogP contribution in [0, 0.1) is 0 Å². The van der Waals surface area contributed by atoms with Gasteiger partial charge in [-0.25, -0.2) is 0 Å². The van der Waals surface area contributed by atoms with Crippen molar-refractivity contribution in [2.75, 3.05) is 19.0 Å². The molecule has 24 heavy (non-hydrogen) atoms. The van der Waals surface area contributed by atoms with Gasteiger partial charge >= 0.3 is 0 Å². The zero-order chi connectivity index (χ0) is 17.1. The van der Waals surface area contributed by atoms with Crippen molar-refractivity contribution in [3.8, 4) is 11.5 Å². The summed E-state index contributed by atoms with van der Waals surface area (Å²) in [6, 6.07) is 12.3. The van der Waals surface area contributed by atoms with E-state index in [0.29, 0.717) is 17.0 Å². The first kappa shape index (κ1) is 15.9. The molecule has 2 N–H and O–H groups in total. The molecule has 2 aromatic carbocycles. The van der Waals surface area contributed by atoms with Crippen molar-refractivity contribution in [1.82, 2.24) is 5.32 Å². The number of nitrogens with one attached hydrogen (secondary N) is 2. The molecule has 2 amide bonds. The second-order valence-corrected chi connectivity index (χ2v) is 5.48. The SMILES string of the molecule is COc1ccccc1[C@@H](C)NC(=O)c1ccc2c(c1)OCC(=O)N2. The summed E-state index contributed by atoms with van der Waals surface area (Å²) >= 11 is 0. The third-order valence-corrected chi connectivity index (χ3v) is 3.83. The Hall–Kier alpha value is -3.02. The van der Waals surface area contributed by atoms with E-state index in [1.165, 1.54) is 0 Å². The molecule has 6 heteroatoms. The van der Waals surface area contributed by atoms with Gasteiger partial charge in [-0.3, -0.25) is 9.59 Å². The van der Waals surface area contributed by atoms with Crippen LogP contribution in [-0.2, 0) is 4.79 Å². The molecular formula is C18H18N2O4. The maximum Gasteiger partial charge on any atom is 0.262 e. The van der Waals surface area contributed by atoms with Crippen LogP contribution in [0.3, 0.4) is 0 Å². The third kappa shape index (κ3) is 3.17. The highest BCUT2D eigenvalue weighted by Gasteiger charge is 2.19. The van der Waals surface area contributed by atoms with Crippen LogP contribution in [0.1, 0.15) is 28.9 Å².